The highest BCUT2D eigenvalue weighted by atomic mass is 19.1. The Morgan fingerprint density at radius 3 is 2.61 bits per heavy atom. The molecule has 5 rings (SSSR count). The van der Waals surface area contributed by atoms with Crippen LogP contribution in [-0.2, 0) is 19.3 Å². The lowest BCUT2D eigenvalue weighted by Gasteiger charge is -2.12. The van der Waals surface area contributed by atoms with Crippen molar-refractivity contribution in [2.45, 2.75) is 25.7 Å². The molecule has 4 nitrogen and oxygen atoms in total. The molecule has 1 aliphatic carbocycles. The van der Waals surface area contributed by atoms with Crippen molar-refractivity contribution < 1.29 is 9.18 Å². The number of aromatic nitrogens is 3. The number of pyridine rings is 3. The van der Waals surface area contributed by atoms with Gasteiger partial charge in [0.15, 0.2) is 11.6 Å². The Balaban J connectivity index is 1.49. The molecule has 0 unspecified atom stereocenters. The summed E-state index contributed by atoms with van der Waals surface area (Å²) in [6, 6.07) is 13.9. The van der Waals surface area contributed by atoms with Gasteiger partial charge in [0.2, 0.25) is 0 Å². The Hall–Kier alpha value is -3.73. The van der Waals surface area contributed by atoms with Crippen molar-refractivity contribution in [3.8, 4) is 22.4 Å². The first kappa shape index (κ1) is 19.2. The molecule has 1 aliphatic rings. The molecule has 4 aromatic rings. The molecule has 3 aromatic heterocycles. The fourth-order valence-corrected chi connectivity index (χ4v) is 4.17. The van der Waals surface area contributed by atoms with E-state index in [1.54, 1.807) is 12.4 Å². The summed E-state index contributed by atoms with van der Waals surface area (Å²) in [5.41, 5.74) is 7.54. The molecule has 0 atom stereocenters. The largest absolute Gasteiger partial charge is 0.294 e. The number of ketones is 1. The zero-order valence-corrected chi connectivity index (χ0v) is 16.9. The number of halogens is 1. The zero-order chi connectivity index (χ0) is 21.2. The van der Waals surface area contributed by atoms with Gasteiger partial charge < -0.3 is 0 Å². The van der Waals surface area contributed by atoms with Crippen LogP contribution >= 0.6 is 0 Å². The molecule has 0 saturated heterocycles. The molecular weight excluding hydrogens is 389 g/mol. The number of rotatable bonds is 4. The lowest BCUT2D eigenvalue weighted by atomic mass is 9.95. The minimum atomic E-state index is -0.591. The van der Waals surface area contributed by atoms with E-state index in [1.165, 1.54) is 17.8 Å². The number of Topliss-reactive ketones (excluding diaryl/α,β-unsaturated/α-hetero) is 1. The van der Waals surface area contributed by atoms with E-state index in [9.17, 15) is 9.18 Å². The fraction of sp³-hybridized carbons (Fsp3) is 0.154. The van der Waals surface area contributed by atoms with Gasteiger partial charge in [-0.2, -0.15) is 0 Å². The minimum absolute atomic E-state index is 0.0661. The Labute approximate surface area is 179 Å². The van der Waals surface area contributed by atoms with Gasteiger partial charge in [-0.3, -0.25) is 19.7 Å². The van der Waals surface area contributed by atoms with Gasteiger partial charge >= 0.3 is 0 Å². The smallest absolute Gasteiger partial charge is 0.170 e. The maximum atomic E-state index is 13.9. The highest BCUT2D eigenvalue weighted by Gasteiger charge is 2.19. The van der Waals surface area contributed by atoms with Gasteiger partial charge in [-0.25, -0.2) is 4.39 Å². The van der Waals surface area contributed by atoms with Crippen molar-refractivity contribution in [3.05, 3.63) is 102 Å². The van der Waals surface area contributed by atoms with Crippen LogP contribution < -0.4 is 0 Å². The van der Waals surface area contributed by atoms with Crippen molar-refractivity contribution in [2.24, 2.45) is 0 Å². The van der Waals surface area contributed by atoms with E-state index in [2.05, 4.69) is 28.2 Å². The Morgan fingerprint density at radius 1 is 0.903 bits per heavy atom. The molecule has 0 bridgehead atoms. The minimum Gasteiger partial charge on any atom is -0.294 e. The summed E-state index contributed by atoms with van der Waals surface area (Å²) in [6.07, 6.45) is 10.9. The number of benzene rings is 1. The lowest BCUT2D eigenvalue weighted by Crippen LogP contribution is -2.07. The number of carbonyl (C=O) groups is 1. The summed E-state index contributed by atoms with van der Waals surface area (Å²) >= 11 is 0. The maximum absolute atomic E-state index is 13.9. The van der Waals surface area contributed by atoms with Crippen molar-refractivity contribution >= 4 is 5.78 Å². The summed E-state index contributed by atoms with van der Waals surface area (Å²) in [7, 11) is 0. The Kier molecular flexibility index (Phi) is 5.08. The highest BCUT2D eigenvalue weighted by molar-refractivity contribution is 5.97. The standard InChI is InChI=1S/C26H20FN3O/c27-24-16-29-10-8-22(24)25(31)12-17-11-20-4-1-3-18-6-7-19(21-5-2-9-28-15-21)13-23(18)26(20)30-14-17/h2,5-11,13-16H,1,3-4,12H2. The average Bonchev–Trinajstić information content (AvgIpc) is 2.98. The Morgan fingerprint density at radius 2 is 1.77 bits per heavy atom. The van der Waals surface area contributed by atoms with Crippen LogP contribution in [-0.4, -0.2) is 20.7 Å². The van der Waals surface area contributed by atoms with Crippen molar-refractivity contribution in [1.29, 1.82) is 0 Å². The van der Waals surface area contributed by atoms with Gasteiger partial charge in [0.1, 0.15) is 0 Å². The summed E-state index contributed by atoms with van der Waals surface area (Å²) < 4.78 is 13.9. The average molecular weight is 409 g/mol. The van der Waals surface area contributed by atoms with E-state index in [-0.39, 0.29) is 17.8 Å². The molecule has 152 valence electrons. The second kappa shape index (κ2) is 8.19. The van der Waals surface area contributed by atoms with Crippen LogP contribution in [0.15, 0.2) is 73.4 Å². The van der Waals surface area contributed by atoms with Crippen LogP contribution in [0, 0.1) is 5.82 Å². The second-order valence-electron chi connectivity index (χ2n) is 7.77. The highest BCUT2D eigenvalue weighted by Crippen LogP contribution is 2.34. The molecule has 0 fully saturated rings. The first-order valence-electron chi connectivity index (χ1n) is 10.3. The third kappa shape index (κ3) is 3.87. The van der Waals surface area contributed by atoms with Gasteiger partial charge in [-0.1, -0.05) is 24.3 Å². The van der Waals surface area contributed by atoms with Gasteiger partial charge in [-0.15, -0.1) is 0 Å². The lowest BCUT2D eigenvalue weighted by molar-refractivity contribution is 0.0989. The second-order valence-corrected chi connectivity index (χ2v) is 7.77. The monoisotopic (exact) mass is 409 g/mol. The number of aryl methyl sites for hydroxylation is 2. The van der Waals surface area contributed by atoms with Crippen LogP contribution in [0.2, 0.25) is 0 Å². The SMILES string of the molecule is O=C(Cc1cnc2c(c1)CCCc1ccc(-c3cccnc3)cc1-2)c1ccncc1F. The van der Waals surface area contributed by atoms with Crippen LogP contribution in [0.4, 0.5) is 4.39 Å². The zero-order valence-electron chi connectivity index (χ0n) is 16.9. The third-order valence-electron chi connectivity index (χ3n) is 5.71. The molecule has 3 heterocycles. The normalized spacial score (nSPS) is 12.5. The maximum Gasteiger partial charge on any atom is 0.170 e. The number of hydrogen-bond acceptors (Lipinski definition) is 4. The predicted molar refractivity (Wildman–Crippen MR) is 117 cm³/mol. The van der Waals surface area contributed by atoms with E-state index < -0.39 is 5.82 Å². The fourth-order valence-electron chi connectivity index (χ4n) is 4.17. The molecule has 1 aromatic carbocycles. The molecular formula is C26H20FN3O. The van der Waals surface area contributed by atoms with Crippen LogP contribution in [0.5, 0.6) is 0 Å². The number of carbonyl (C=O) groups excluding carboxylic acids is 1. The van der Waals surface area contributed by atoms with Gasteiger partial charge in [0.25, 0.3) is 0 Å². The molecule has 0 amide bonds. The molecule has 0 N–H and O–H groups in total. The summed E-state index contributed by atoms with van der Waals surface area (Å²) in [6.45, 7) is 0. The molecule has 0 saturated carbocycles. The van der Waals surface area contributed by atoms with Crippen molar-refractivity contribution in [2.75, 3.05) is 0 Å². The van der Waals surface area contributed by atoms with E-state index in [0.29, 0.717) is 0 Å². The topological polar surface area (TPSA) is 55.7 Å². The van der Waals surface area contributed by atoms with E-state index in [4.69, 9.17) is 4.98 Å². The Bertz CT molecular complexity index is 1270. The first-order valence-corrected chi connectivity index (χ1v) is 10.3. The molecule has 0 aliphatic heterocycles. The van der Waals surface area contributed by atoms with Crippen molar-refractivity contribution in [1.82, 2.24) is 15.0 Å². The number of fused-ring (bicyclic) bond motifs is 3. The molecule has 0 spiro atoms. The van der Waals surface area contributed by atoms with Crippen molar-refractivity contribution in [3.63, 3.8) is 0 Å². The molecule has 5 heteroatoms. The van der Waals surface area contributed by atoms with Crippen LogP contribution in [0.3, 0.4) is 0 Å². The van der Waals surface area contributed by atoms with Gasteiger partial charge in [0.05, 0.1) is 17.5 Å². The van der Waals surface area contributed by atoms with Crippen LogP contribution in [0.1, 0.15) is 33.5 Å². The third-order valence-corrected chi connectivity index (χ3v) is 5.71. The van der Waals surface area contributed by atoms with E-state index >= 15 is 0 Å². The summed E-state index contributed by atoms with van der Waals surface area (Å²) in [5, 5.41) is 0. The number of nitrogens with zero attached hydrogens (tertiary/aromatic N) is 3. The summed E-state index contributed by atoms with van der Waals surface area (Å²) in [4.78, 5) is 25.3. The van der Waals surface area contributed by atoms with Gasteiger partial charge in [0, 0.05) is 42.3 Å². The molecule has 31 heavy (non-hydrogen) atoms. The van der Waals surface area contributed by atoms with Crippen LogP contribution in [0.25, 0.3) is 22.4 Å². The quantitative estimate of drug-likeness (QED) is 0.432. The van der Waals surface area contributed by atoms with Gasteiger partial charge in [-0.05, 0) is 59.7 Å². The van der Waals surface area contributed by atoms with E-state index in [0.717, 1.165) is 59.0 Å². The predicted octanol–water partition coefficient (Wildman–Crippen LogP) is 5.26. The molecule has 0 radical (unpaired) electrons. The number of hydrogen-bond donors (Lipinski definition) is 0. The summed E-state index contributed by atoms with van der Waals surface area (Å²) in [5.74, 6) is -0.860. The first-order chi connectivity index (χ1) is 15.2. The van der Waals surface area contributed by atoms with E-state index in [1.807, 2.05) is 24.4 Å².